The summed E-state index contributed by atoms with van der Waals surface area (Å²) in [5, 5.41) is 0. The van der Waals surface area contributed by atoms with Gasteiger partial charge in [0.1, 0.15) is 11.6 Å². The van der Waals surface area contributed by atoms with Crippen molar-refractivity contribution in [3.8, 4) is 22.6 Å². The van der Waals surface area contributed by atoms with Gasteiger partial charge in [-0.3, -0.25) is 4.79 Å². The van der Waals surface area contributed by atoms with Gasteiger partial charge < -0.3 is 9.47 Å². The maximum absolute atomic E-state index is 14.7. The van der Waals surface area contributed by atoms with Crippen LogP contribution in [-0.4, -0.2) is 12.6 Å². The molecule has 1 saturated carbocycles. The van der Waals surface area contributed by atoms with Crippen LogP contribution in [0.4, 0.5) is 13.2 Å². The molecule has 0 heterocycles. The molecule has 0 amide bonds. The van der Waals surface area contributed by atoms with E-state index in [1.807, 2.05) is 25.1 Å². The Kier molecular flexibility index (Phi) is 8.70. The summed E-state index contributed by atoms with van der Waals surface area (Å²) in [6.07, 6.45) is 5.63. The molecule has 1 fully saturated rings. The molecule has 6 heteroatoms. The van der Waals surface area contributed by atoms with Crippen molar-refractivity contribution in [2.45, 2.75) is 51.4 Å². The van der Waals surface area contributed by atoms with E-state index in [0.29, 0.717) is 49.2 Å². The van der Waals surface area contributed by atoms with E-state index in [4.69, 9.17) is 9.47 Å². The van der Waals surface area contributed by atoms with E-state index in [-0.39, 0.29) is 17.3 Å². The summed E-state index contributed by atoms with van der Waals surface area (Å²) in [5.41, 5.74) is 2.25. The van der Waals surface area contributed by atoms with E-state index in [1.54, 1.807) is 24.3 Å². The topological polar surface area (TPSA) is 35.5 Å². The highest BCUT2D eigenvalue weighted by Gasteiger charge is 2.30. The molecule has 0 aromatic heterocycles. The maximum Gasteiger partial charge on any atom is 0.314 e. The first-order valence-corrected chi connectivity index (χ1v) is 12.7. The molecule has 0 saturated heterocycles. The Morgan fingerprint density at radius 3 is 2.38 bits per heavy atom. The van der Waals surface area contributed by atoms with Crippen LogP contribution in [0.15, 0.2) is 67.3 Å². The van der Waals surface area contributed by atoms with E-state index in [1.165, 1.54) is 18.2 Å². The van der Waals surface area contributed by atoms with E-state index < -0.39 is 29.3 Å². The Bertz CT molecular complexity index is 1250. The third kappa shape index (κ3) is 6.43. The van der Waals surface area contributed by atoms with Gasteiger partial charge in [-0.25, -0.2) is 8.78 Å². The number of allylic oxidation sites excluding steroid dienone is 1. The molecular formula is C31H31F3O3. The van der Waals surface area contributed by atoms with Gasteiger partial charge in [-0.2, -0.15) is 4.39 Å². The SMILES string of the molecule is C=CCCCOc1ccc(C2CCC(C(=O)Oc3ccc(-c4ccc(C)cc4)c(F)c3F)CC2)c(F)c1. The second-order valence-electron chi connectivity index (χ2n) is 9.54. The fourth-order valence-electron chi connectivity index (χ4n) is 4.74. The Morgan fingerprint density at radius 1 is 0.973 bits per heavy atom. The van der Waals surface area contributed by atoms with E-state index in [0.717, 1.165) is 18.4 Å². The van der Waals surface area contributed by atoms with E-state index >= 15 is 0 Å². The predicted octanol–water partition coefficient (Wildman–Crippen LogP) is 8.30. The molecular weight excluding hydrogens is 477 g/mol. The first-order chi connectivity index (χ1) is 17.9. The predicted molar refractivity (Wildman–Crippen MR) is 138 cm³/mol. The molecule has 3 nitrogen and oxygen atoms in total. The van der Waals surface area contributed by atoms with Crippen LogP contribution in [0.2, 0.25) is 0 Å². The smallest absolute Gasteiger partial charge is 0.314 e. The zero-order chi connectivity index (χ0) is 26.4. The molecule has 0 spiro atoms. The molecule has 1 aliphatic carbocycles. The second-order valence-corrected chi connectivity index (χ2v) is 9.54. The quantitative estimate of drug-likeness (QED) is 0.126. The second kappa shape index (κ2) is 12.1. The Balaban J connectivity index is 1.34. The molecule has 0 atom stereocenters. The Morgan fingerprint density at radius 2 is 1.70 bits per heavy atom. The molecule has 194 valence electrons. The highest BCUT2D eigenvalue weighted by molar-refractivity contribution is 5.76. The normalized spacial score (nSPS) is 17.3. The number of unbranched alkanes of at least 4 members (excludes halogenated alkanes) is 1. The van der Waals surface area contributed by atoms with Crippen LogP contribution >= 0.6 is 0 Å². The lowest BCUT2D eigenvalue weighted by Gasteiger charge is -2.28. The number of benzene rings is 3. The van der Waals surface area contributed by atoms with Gasteiger partial charge in [0.15, 0.2) is 11.6 Å². The van der Waals surface area contributed by atoms with Crippen molar-refractivity contribution in [2.24, 2.45) is 5.92 Å². The zero-order valence-corrected chi connectivity index (χ0v) is 20.9. The van der Waals surface area contributed by atoms with E-state index in [2.05, 4.69) is 6.58 Å². The number of rotatable bonds is 9. The molecule has 1 aliphatic rings. The van der Waals surface area contributed by atoms with Crippen molar-refractivity contribution in [1.82, 2.24) is 0 Å². The highest BCUT2D eigenvalue weighted by Crippen LogP contribution is 2.39. The molecule has 3 aromatic rings. The Hall–Kier alpha value is -3.54. The summed E-state index contributed by atoms with van der Waals surface area (Å²) >= 11 is 0. The lowest BCUT2D eigenvalue weighted by Crippen LogP contribution is -2.25. The van der Waals surface area contributed by atoms with Crippen LogP contribution in [0.5, 0.6) is 11.5 Å². The monoisotopic (exact) mass is 508 g/mol. The number of aryl methyl sites for hydroxylation is 1. The molecule has 0 unspecified atom stereocenters. The number of esters is 1. The first kappa shape index (κ1) is 26.5. The lowest BCUT2D eigenvalue weighted by molar-refractivity contribution is -0.140. The van der Waals surface area contributed by atoms with Gasteiger partial charge in [-0.15, -0.1) is 6.58 Å². The summed E-state index contributed by atoms with van der Waals surface area (Å²) in [7, 11) is 0. The molecule has 0 N–H and O–H groups in total. The summed E-state index contributed by atoms with van der Waals surface area (Å²) < 4.78 is 55.0. The van der Waals surface area contributed by atoms with Crippen molar-refractivity contribution in [1.29, 1.82) is 0 Å². The molecule has 37 heavy (non-hydrogen) atoms. The minimum Gasteiger partial charge on any atom is -0.493 e. The van der Waals surface area contributed by atoms with Gasteiger partial charge in [0.25, 0.3) is 0 Å². The molecule has 3 aromatic carbocycles. The lowest BCUT2D eigenvalue weighted by atomic mass is 9.78. The summed E-state index contributed by atoms with van der Waals surface area (Å²) in [6, 6.07) is 14.7. The highest BCUT2D eigenvalue weighted by atomic mass is 19.2. The minimum absolute atomic E-state index is 0.0261. The van der Waals surface area contributed by atoms with Gasteiger partial charge in [-0.1, -0.05) is 42.0 Å². The minimum atomic E-state index is -1.19. The van der Waals surface area contributed by atoms with Gasteiger partial charge in [0, 0.05) is 11.6 Å². The van der Waals surface area contributed by atoms with Crippen LogP contribution in [-0.2, 0) is 4.79 Å². The standard InChI is InChI=1S/C31H31F3O3/c1-3-4-5-18-36-24-14-15-25(27(32)19-24)21-10-12-23(13-11-21)31(35)37-28-17-16-26(29(33)30(28)34)22-8-6-20(2)7-9-22/h3,6-9,14-17,19,21,23H,1,4-5,10-13,18H2,2H3. The fourth-order valence-corrected chi connectivity index (χ4v) is 4.74. The third-order valence-electron chi connectivity index (χ3n) is 6.91. The molecule has 4 rings (SSSR count). The van der Waals surface area contributed by atoms with Crippen LogP contribution in [0.1, 0.15) is 55.6 Å². The number of carbonyl (C=O) groups excluding carboxylic acids is 1. The summed E-state index contributed by atoms with van der Waals surface area (Å²) in [5.74, 6) is -3.56. The zero-order valence-electron chi connectivity index (χ0n) is 20.9. The molecule has 0 aliphatic heterocycles. The first-order valence-electron chi connectivity index (χ1n) is 12.7. The number of ether oxygens (including phenoxy) is 2. The van der Waals surface area contributed by atoms with Gasteiger partial charge in [-0.05, 0) is 80.7 Å². The van der Waals surface area contributed by atoms with Crippen LogP contribution in [0.25, 0.3) is 11.1 Å². The number of halogens is 3. The van der Waals surface area contributed by atoms with Crippen LogP contribution in [0, 0.1) is 30.3 Å². The summed E-state index contributed by atoms with van der Waals surface area (Å²) in [4.78, 5) is 12.7. The van der Waals surface area contributed by atoms with Crippen molar-refractivity contribution in [3.05, 3.63) is 95.8 Å². The van der Waals surface area contributed by atoms with E-state index in [9.17, 15) is 18.0 Å². The van der Waals surface area contributed by atoms with Crippen LogP contribution in [0.3, 0.4) is 0 Å². The van der Waals surface area contributed by atoms with Crippen molar-refractivity contribution < 1.29 is 27.4 Å². The molecule has 0 radical (unpaired) electrons. The van der Waals surface area contributed by atoms with Crippen molar-refractivity contribution in [2.75, 3.05) is 6.61 Å². The van der Waals surface area contributed by atoms with Gasteiger partial charge in [0.05, 0.1) is 12.5 Å². The van der Waals surface area contributed by atoms with Crippen molar-refractivity contribution in [3.63, 3.8) is 0 Å². The number of hydrogen-bond acceptors (Lipinski definition) is 3. The number of hydrogen-bond donors (Lipinski definition) is 0. The average Bonchev–Trinajstić information content (AvgIpc) is 2.90. The largest absolute Gasteiger partial charge is 0.493 e. The third-order valence-corrected chi connectivity index (χ3v) is 6.91. The fraction of sp³-hybridized carbons (Fsp3) is 0.323. The Labute approximate surface area is 215 Å². The van der Waals surface area contributed by atoms with Gasteiger partial charge in [0.2, 0.25) is 5.82 Å². The molecule has 0 bridgehead atoms. The average molecular weight is 509 g/mol. The van der Waals surface area contributed by atoms with Gasteiger partial charge >= 0.3 is 5.97 Å². The van der Waals surface area contributed by atoms with Crippen LogP contribution < -0.4 is 9.47 Å². The maximum atomic E-state index is 14.7. The summed E-state index contributed by atoms with van der Waals surface area (Å²) in [6.45, 7) is 6.07. The number of carbonyl (C=O) groups is 1. The van der Waals surface area contributed by atoms with Crippen molar-refractivity contribution >= 4 is 5.97 Å².